The number of carbonyl (C=O) groups excluding carboxylic acids is 2. The smallest absolute Gasteiger partial charge is 0.290 e. The molecule has 0 aliphatic heterocycles. The third-order valence-electron chi connectivity index (χ3n) is 6.80. The number of aromatic nitrogens is 3. The fourth-order valence-electron chi connectivity index (χ4n) is 5.01. The van der Waals surface area contributed by atoms with Crippen molar-refractivity contribution in [3.05, 3.63) is 93.5 Å². The molecule has 2 aromatic carbocycles. The lowest BCUT2D eigenvalue weighted by molar-refractivity contribution is 0.0961. The molecule has 0 radical (unpaired) electrons. The van der Waals surface area contributed by atoms with Gasteiger partial charge in [0, 0.05) is 59.8 Å². The number of rotatable bonds is 6. The summed E-state index contributed by atoms with van der Waals surface area (Å²) in [5.41, 5.74) is 3.53. The number of aryl methyl sites for hydroxylation is 4. The topological polar surface area (TPSA) is 111 Å². The first-order chi connectivity index (χ1) is 19.1. The number of fused-ring (bicyclic) bond motifs is 1. The molecule has 0 fully saturated rings. The summed E-state index contributed by atoms with van der Waals surface area (Å²) < 4.78 is 23.7. The van der Waals surface area contributed by atoms with Crippen molar-refractivity contribution in [2.45, 2.75) is 27.3 Å². The summed E-state index contributed by atoms with van der Waals surface area (Å²) in [6.07, 6.45) is 0. The van der Waals surface area contributed by atoms with Gasteiger partial charge in [0.1, 0.15) is 11.6 Å². The van der Waals surface area contributed by atoms with Crippen LogP contribution in [-0.2, 0) is 13.6 Å². The average Bonchev–Trinajstić information content (AvgIpc) is 3.42. The number of hydrogen-bond donors (Lipinski definition) is 2. The SMILES string of the molecule is CCn1c(-c2ccc(-c3c(C)on(C)c3=O)c(F)c2)cc2cc(C)nc(C(=O)Nc3cccc(C(=O)NC)c3)c21. The number of pyridine rings is 1. The molecule has 0 saturated carbocycles. The standard InChI is InChI=1S/C30H28FN5O4/c1-6-36-24(18-10-11-22(23(31)14-18)25-17(3)40-35(5)30(25)39)15-20-12-16(2)33-26(27(20)36)29(38)34-21-9-7-8-19(13-21)28(37)32-4/h7-15H,6H2,1-5H3,(H,32,37)(H,34,38). The van der Waals surface area contributed by atoms with Crippen molar-refractivity contribution in [3.8, 4) is 22.4 Å². The molecule has 0 bridgehead atoms. The third kappa shape index (κ3) is 4.57. The van der Waals surface area contributed by atoms with E-state index in [-0.39, 0.29) is 22.7 Å². The molecule has 2 N–H and O–H groups in total. The summed E-state index contributed by atoms with van der Waals surface area (Å²) in [4.78, 5) is 42.5. The Hall–Kier alpha value is -4.99. The van der Waals surface area contributed by atoms with Crippen LogP contribution in [0.4, 0.5) is 10.1 Å². The minimum Gasteiger partial charge on any atom is -0.381 e. The fourth-order valence-corrected chi connectivity index (χ4v) is 5.01. The van der Waals surface area contributed by atoms with Gasteiger partial charge in [-0.1, -0.05) is 18.2 Å². The molecule has 0 spiro atoms. The highest BCUT2D eigenvalue weighted by molar-refractivity contribution is 6.12. The average molecular weight is 542 g/mol. The van der Waals surface area contributed by atoms with Gasteiger partial charge in [0.15, 0.2) is 5.69 Å². The molecule has 9 nitrogen and oxygen atoms in total. The van der Waals surface area contributed by atoms with E-state index >= 15 is 4.39 Å². The Bertz CT molecular complexity index is 1860. The first-order valence-electron chi connectivity index (χ1n) is 12.7. The monoisotopic (exact) mass is 541 g/mol. The van der Waals surface area contributed by atoms with Crippen LogP contribution in [0.5, 0.6) is 0 Å². The van der Waals surface area contributed by atoms with Gasteiger partial charge >= 0.3 is 0 Å². The van der Waals surface area contributed by atoms with Crippen molar-refractivity contribution in [1.29, 1.82) is 0 Å². The molecule has 2 amide bonds. The van der Waals surface area contributed by atoms with Gasteiger partial charge in [-0.2, -0.15) is 4.74 Å². The second-order valence-electron chi connectivity index (χ2n) is 9.46. The van der Waals surface area contributed by atoms with Crippen LogP contribution >= 0.6 is 0 Å². The maximum atomic E-state index is 15.4. The van der Waals surface area contributed by atoms with Gasteiger partial charge < -0.3 is 19.7 Å². The maximum absolute atomic E-state index is 15.4. The highest BCUT2D eigenvalue weighted by Gasteiger charge is 2.22. The predicted octanol–water partition coefficient (Wildman–Crippen LogP) is 5.05. The van der Waals surface area contributed by atoms with E-state index in [1.54, 1.807) is 50.2 Å². The van der Waals surface area contributed by atoms with Crippen LogP contribution in [0.15, 0.2) is 63.9 Å². The summed E-state index contributed by atoms with van der Waals surface area (Å²) in [5.74, 6) is -0.928. The van der Waals surface area contributed by atoms with E-state index in [1.165, 1.54) is 20.2 Å². The van der Waals surface area contributed by atoms with Gasteiger partial charge in [0.25, 0.3) is 17.4 Å². The van der Waals surface area contributed by atoms with E-state index in [2.05, 4.69) is 15.6 Å². The van der Waals surface area contributed by atoms with Crippen molar-refractivity contribution >= 4 is 28.4 Å². The molecular weight excluding hydrogens is 513 g/mol. The van der Waals surface area contributed by atoms with Gasteiger partial charge in [-0.15, -0.1) is 0 Å². The summed E-state index contributed by atoms with van der Waals surface area (Å²) in [6.45, 7) is 5.84. The van der Waals surface area contributed by atoms with E-state index in [0.29, 0.717) is 46.0 Å². The number of amides is 2. The van der Waals surface area contributed by atoms with E-state index in [4.69, 9.17) is 4.52 Å². The van der Waals surface area contributed by atoms with Gasteiger partial charge in [0.2, 0.25) is 0 Å². The van der Waals surface area contributed by atoms with Crippen LogP contribution in [0.3, 0.4) is 0 Å². The van der Waals surface area contributed by atoms with Crippen molar-refractivity contribution in [3.63, 3.8) is 0 Å². The second-order valence-corrected chi connectivity index (χ2v) is 9.46. The third-order valence-corrected chi connectivity index (χ3v) is 6.80. The molecule has 10 heteroatoms. The van der Waals surface area contributed by atoms with Crippen LogP contribution in [0.25, 0.3) is 33.3 Å². The van der Waals surface area contributed by atoms with E-state index < -0.39 is 17.3 Å². The van der Waals surface area contributed by atoms with Gasteiger partial charge in [-0.05, 0) is 57.2 Å². The van der Waals surface area contributed by atoms with Crippen LogP contribution in [0.1, 0.15) is 39.2 Å². The van der Waals surface area contributed by atoms with Crippen molar-refractivity contribution in [2.24, 2.45) is 7.05 Å². The zero-order chi connectivity index (χ0) is 28.7. The minimum atomic E-state index is -0.560. The van der Waals surface area contributed by atoms with Gasteiger partial charge in [0.05, 0.1) is 11.1 Å². The van der Waals surface area contributed by atoms with Crippen molar-refractivity contribution in [1.82, 2.24) is 19.6 Å². The zero-order valence-electron chi connectivity index (χ0n) is 22.8. The first kappa shape index (κ1) is 26.6. The maximum Gasteiger partial charge on any atom is 0.290 e. The van der Waals surface area contributed by atoms with Gasteiger partial charge in [-0.25, -0.2) is 9.37 Å². The molecule has 3 heterocycles. The Kier molecular flexibility index (Phi) is 6.85. The molecule has 204 valence electrons. The second kappa shape index (κ2) is 10.3. The summed E-state index contributed by atoms with van der Waals surface area (Å²) in [6, 6.07) is 15.1. The minimum absolute atomic E-state index is 0.159. The van der Waals surface area contributed by atoms with Crippen LogP contribution in [-0.4, -0.2) is 33.2 Å². The molecule has 0 aliphatic carbocycles. The fraction of sp³-hybridized carbons (Fsp3) is 0.200. The number of nitrogens with zero attached hydrogens (tertiary/aromatic N) is 3. The molecule has 5 rings (SSSR count). The Morgan fingerprint density at radius 1 is 1.05 bits per heavy atom. The lowest BCUT2D eigenvalue weighted by atomic mass is 10.0. The predicted molar refractivity (Wildman–Crippen MR) is 151 cm³/mol. The summed E-state index contributed by atoms with van der Waals surface area (Å²) in [7, 11) is 3.02. The number of hydrogen-bond acceptors (Lipinski definition) is 5. The number of anilines is 1. The van der Waals surface area contributed by atoms with Crippen LogP contribution in [0, 0.1) is 19.7 Å². The molecule has 3 aromatic heterocycles. The number of carbonyl (C=O) groups is 2. The Balaban J connectivity index is 1.58. The lowest BCUT2D eigenvalue weighted by Crippen LogP contribution is -2.19. The van der Waals surface area contributed by atoms with Crippen molar-refractivity contribution in [2.75, 3.05) is 12.4 Å². The van der Waals surface area contributed by atoms with E-state index in [9.17, 15) is 14.4 Å². The molecule has 40 heavy (non-hydrogen) atoms. The Morgan fingerprint density at radius 3 is 2.48 bits per heavy atom. The quantitative estimate of drug-likeness (QED) is 0.313. The molecule has 0 unspecified atom stereocenters. The zero-order valence-corrected chi connectivity index (χ0v) is 22.8. The van der Waals surface area contributed by atoms with Crippen molar-refractivity contribution < 1.29 is 18.5 Å². The molecule has 0 atom stereocenters. The van der Waals surface area contributed by atoms with Crippen LogP contribution < -0.4 is 16.2 Å². The molecule has 5 aromatic rings. The summed E-state index contributed by atoms with van der Waals surface area (Å²) >= 11 is 0. The highest BCUT2D eigenvalue weighted by atomic mass is 19.1. The molecule has 0 saturated heterocycles. The van der Waals surface area contributed by atoms with Gasteiger partial charge in [-0.3, -0.25) is 14.4 Å². The number of nitrogens with one attached hydrogen (secondary N) is 2. The lowest BCUT2D eigenvalue weighted by Gasteiger charge is -2.13. The first-order valence-corrected chi connectivity index (χ1v) is 12.7. The Morgan fingerprint density at radius 2 is 1.82 bits per heavy atom. The molecule has 0 aliphatic rings. The van der Waals surface area contributed by atoms with Crippen LogP contribution in [0.2, 0.25) is 0 Å². The largest absolute Gasteiger partial charge is 0.381 e. The molecular formula is C30H28FN5O4. The normalized spacial score (nSPS) is 11.2. The van der Waals surface area contributed by atoms with E-state index in [0.717, 1.165) is 10.1 Å². The number of halogens is 1. The van der Waals surface area contributed by atoms with E-state index in [1.807, 2.05) is 23.6 Å². The Labute approximate surface area is 229 Å². The number of benzene rings is 2. The highest BCUT2D eigenvalue weighted by Crippen LogP contribution is 2.33. The summed E-state index contributed by atoms with van der Waals surface area (Å²) in [5, 5.41) is 6.19.